The lowest BCUT2D eigenvalue weighted by Crippen LogP contribution is -2.45. The van der Waals surface area contributed by atoms with Crippen LogP contribution < -0.4 is 14.2 Å². The van der Waals surface area contributed by atoms with Gasteiger partial charge in [-0.1, -0.05) is 36.4 Å². The topological polar surface area (TPSA) is 34.2 Å². The van der Waals surface area contributed by atoms with E-state index in [1.54, 1.807) is 7.11 Å². The van der Waals surface area contributed by atoms with Crippen molar-refractivity contribution in [2.75, 3.05) is 40.1 Å². The molecule has 1 fully saturated rings. The summed E-state index contributed by atoms with van der Waals surface area (Å²) < 4.78 is 16.4. The van der Waals surface area contributed by atoms with E-state index in [-0.39, 0.29) is 0 Å². The molecule has 0 N–H and O–H groups in total. The second-order valence-corrected chi connectivity index (χ2v) is 7.71. The number of ether oxygens (including phenoxy) is 3. The van der Waals surface area contributed by atoms with E-state index in [0.717, 1.165) is 56.5 Å². The van der Waals surface area contributed by atoms with E-state index in [9.17, 15) is 0 Å². The second-order valence-electron chi connectivity index (χ2n) is 7.71. The van der Waals surface area contributed by atoms with Crippen LogP contribution in [0.5, 0.6) is 17.2 Å². The van der Waals surface area contributed by atoms with Crippen molar-refractivity contribution in [2.24, 2.45) is 0 Å². The van der Waals surface area contributed by atoms with E-state index in [0.29, 0.717) is 6.79 Å². The number of rotatable bonds is 5. The standard InChI is InChI=1S/C24H26N2O3/c1-27-22-9-7-19(20-4-2-3-5-21(20)22)16-26-12-10-25(11-13-26)15-18-6-8-23-24(14-18)29-17-28-23/h2-9,14H,10-13,15-17H2,1H3. The molecule has 3 aromatic carbocycles. The van der Waals surface area contributed by atoms with Gasteiger partial charge >= 0.3 is 0 Å². The molecular weight excluding hydrogens is 364 g/mol. The molecule has 0 saturated carbocycles. The molecule has 2 heterocycles. The quantitative estimate of drug-likeness (QED) is 0.660. The maximum atomic E-state index is 5.53. The van der Waals surface area contributed by atoms with Gasteiger partial charge in [-0.3, -0.25) is 9.80 Å². The number of hydrogen-bond acceptors (Lipinski definition) is 5. The van der Waals surface area contributed by atoms with Crippen LogP contribution in [0.3, 0.4) is 0 Å². The molecule has 150 valence electrons. The van der Waals surface area contributed by atoms with E-state index in [4.69, 9.17) is 14.2 Å². The summed E-state index contributed by atoms with van der Waals surface area (Å²) in [5.74, 6) is 2.66. The first-order chi connectivity index (χ1) is 14.3. The van der Waals surface area contributed by atoms with Gasteiger partial charge in [0.2, 0.25) is 6.79 Å². The molecule has 0 aliphatic carbocycles. The van der Waals surface area contributed by atoms with Gasteiger partial charge in [-0.05, 0) is 34.7 Å². The number of benzene rings is 3. The molecule has 0 radical (unpaired) electrons. The average molecular weight is 390 g/mol. The summed E-state index contributed by atoms with van der Waals surface area (Å²) in [6.07, 6.45) is 0. The molecule has 0 unspecified atom stereocenters. The normalized spacial score (nSPS) is 17.0. The van der Waals surface area contributed by atoms with E-state index in [1.807, 2.05) is 6.07 Å². The van der Waals surface area contributed by atoms with Crippen molar-refractivity contribution in [3.05, 3.63) is 65.7 Å². The van der Waals surface area contributed by atoms with Crippen molar-refractivity contribution in [3.8, 4) is 17.2 Å². The summed E-state index contributed by atoms with van der Waals surface area (Å²) in [7, 11) is 1.74. The van der Waals surface area contributed by atoms with E-state index >= 15 is 0 Å². The van der Waals surface area contributed by atoms with Crippen LogP contribution in [0.25, 0.3) is 10.8 Å². The zero-order valence-corrected chi connectivity index (χ0v) is 16.8. The Hall–Kier alpha value is -2.76. The van der Waals surface area contributed by atoms with Crippen LogP contribution in [-0.2, 0) is 13.1 Å². The van der Waals surface area contributed by atoms with Crippen LogP contribution in [0.2, 0.25) is 0 Å². The monoisotopic (exact) mass is 390 g/mol. The first kappa shape index (κ1) is 18.3. The molecule has 29 heavy (non-hydrogen) atoms. The molecule has 0 bridgehead atoms. The molecule has 5 heteroatoms. The molecule has 0 spiro atoms. The van der Waals surface area contributed by atoms with Crippen molar-refractivity contribution in [1.82, 2.24) is 9.80 Å². The second kappa shape index (κ2) is 7.93. The summed E-state index contributed by atoms with van der Waals surface area (Å²) >= 11 is 0. The van der Waals surface area contributed by atoms with Crippen molar-refractivity contribution in [2.45, 2.75) is 13.1 Å². The Morgan fingerprint density at radius 2 is 1.52 bits per heavy atom. The lowest BCUT2D eigenvalue weighted by Gasteiger charge is -2.35. The van der Waals surface area contributed by atoms with Gasteiger partial charge in [0.25, 0.3) is 0 Å². The number of hydrogen-bond donors (Lipinski definition) is 0. The predicted molar refractivity (Wildman–Crippen MR) is 114 cm³/mol. The number of piperazine rings is 1. The van der Waals surface area contributed by atoms with Crippen molar-refractivity contribution in [1.29, 1.82) is 0 Å². The number of nitrogens with zero attached hydrogens (tertiary/aromatic N) is 2. The summed E-state index contributed by atoms with van der Waals surface area (Å²) in [6, 6.07) is 19.1. The molecule has 1 saturated heterocycles. The first-order valence-corrected chi connectivity index (χ1v) is 10.2. The Kier molecular flexibility index (Phi) is 5.00. The predicted octanol–water partition coefficient (Wildman–Crippen LogP) is 3.89. The Bertz CT molecular complexity index is 1010. The minimum absolute atomic E-state index is 0.331. The summed E-state index contributed by atoms with van der Waals surface area (Å²) in [5.41, 5.74) is 2.65. The maximum absolute atomic E-state index is 5.53. The zero-order valence-electron chi connectivity index (χ0n) is 16.8. The fourth-order valence-electron chi connectivity index (χ4n) is 4.29. The van der Waals surface area contributed by atoms with E-state index in [1.165, 1.54) is 21.9 Å². The zero-order chi connectivity index (χ0) is 19.6. The van der Waals surface area contributed by atoms with Crippen LogP contribution >= 0.6 is 0 Å². The van der Waals surface area contributed by atoms with E-state index < -0.39 is 0 Å². The Labute approximate surface area is 171 Å². The molecule has 3 aromatic rings. The third-order valence-corrected chi connectivity index (χ3v) is 5.90. The fourth-order valence-corrected chi connectivity index (χ4v) is 4.29. The number of methoxy groups -OCH3 is 1. The minimum atomic E-state index is 0.331. The highest BCUT2D eigenvalue weighted by atomic mass is 16.7. The van der Waals surface area contributed by atoms with Gasteiger partial charge in [-0.25, -0.2) is 0 Å². The van der Waals surface area contributed by atoms with Crippen LogP contribution in [0.4, 0.5) is 0 Å². The summed E-state index contributed by atoms with van der Waals surface area (Å²) in [4.78, 5) is 5.06. The van der Waals surface area contributed by atoms with Crippen LogP contribution in [-0.4, -0.2) is 49.9 Å². The molecule has 0 atom stereocenters. The largest absolute Gasteiger partial charge is 0.496 e. The molecule has 2 aliphatic rings. The van der Waals surface area contributed by atoms with Gasteiger partial charge in [0.05, 0.1) is 7.11 Å². The Morgan fingerprint density at radius 3 is 2.31 bits per heavy atom. The van der Waals surface area contributed by atoms with Crippen molar-refractivity contribution in [3.63, 3.8) is 0 Å². The van der Waals surface area contributed by atoms with Crippen molar-refractivity contribution < 1.29 is 14.2 Å². The SMILES string of the molecule is COc1ccc(CN2CCN(Cc3ccc4c(c3)OCO4)CC2)c2ccccc12. The fraction of sp³-hybridized carbons (Fsp3) is 0.333. The van der Waals surface area contributed by atoms with Crippen LogP contribution in [0.15, 0.2) is 54.6 Å². The molecule has 0 aromatic heterocycles. The smallest absolute Gasteiger partial charge is 0.231 e. The number of fused-ring (bicyclic) bond motifs is 2. The van der Waals surface area contributed by atoms with E-state index in [2.05, 4.69) is 58.3 Å². The van der Waals surface area contributed by atoms with Gasteiger partial charge in [0.1, 0.15) is 5.75 Å². The highest BCUT2D eigenvalue weighted by Crippen LogP contribution is 2.33. The lowest BCUT2D eigenvalue weighted by molar-refractivity contribution is 0.122. The van der Waals surface area contributed by atoms with Gasteiger partial charge in [-0.15, -0.1) is 0 Å². The lowest BCUT2D eigenvalue weighted by atomic mass is 10.0. The third kappa shape index (κ3) is 3.76. The average Bonchev–Trinajstić information content (AvgIpc) is 3.23. The summed E-state index contributed by atoms with van der Waals surface area (Å²) in [6.45, 7) is 6.55. The van der Waals surface area contributed by atoms with Gasteiger partial charge in [-0.2, -0.15) is 0 Å². The van der Waals surface area contributed by atoms with Crippen LogP contribution in [0.1, 0.15) is 11.1 Å². The first-order valence-electron chi connectivity index (χ1n) is 10.2. The van der Waals surface area contributed by atoms with Crippen LogP contribution in [0, 0.1) is 0 Å². The molecule has 5 rings (SSSR count). The molecule has 0 amide bonds. The highest BCUT2D eigenvalue weighted by Gasteiger charge is 2.20. The Morgan fingerprint density at radius 1 is 0.793 bits per heavy atom. The summed E-state index contributed by atoms with van der Waals surface area (Å²) in [5, 5.41) is 2.48. The van der Waals surface area contributed by atoms with Gasteiger partial charge in [0, 0.05) is 44.7 Å². The van der Waals surface area contributed by atoms with Gasteiger partial charge < -0.3 is 14.2 Å². The molecular formula is C24H26N2O3. The molecule has 2 aliphatic heterocycles. The molecule has 5 nitrogen and oxygen atoms in total. The van der Waals surface area contributed by atoms with Crippen molar-refractivity contribution >= 4 is 10.8 Å². The maximum Gasteiger partial charge on any atom is 0.231 e. The minimum Gasteiger partial charge on any atom is -0.496 e. The highest BCUT2D eigenvalue weighted by molar-refractivity contribution is 5.91. The third-order valence-electron chi connectivity index (χ3n) is 5.90. The van der Waals surface area contributed by atoms with Gasteiger partial charge in [0.15, 0.2) is 11.5 Å². The Balaban J connectivity index is 1.22.